The maximum Gasteiger partial charge on any atom is 0.337 e. The number of methoxy groups -OCH3 is 1. The average molecular weight is 382 g/mol. The van der Waals surface area contributed by atoms with Crippen LogP contribution in [0.25, 0.3) is 0 Å². The maximum atomic E-state index is 12.3. The third-order valence-electron chi connectivity index (χ3n) is 4.44. The highest BCUT2D eigenvalue weighted by atomic mass is 16.5. The summed E-state index contributed by atoms with van der Waals surface area (Å²) in [6.45, 7) is 7.73. The molecule has 148 valence electrons. The first kappa shape index (κ1) is 21.2. The number of benzene rings is 2. The van der Waals surface area contributed by atoms with Gasteiger partial charge in [-0.3, -0.25) is 9.59 Å². The zero-order chi connectivity index (χ0) is 20.8. The number of ether oxygens (including phenoxy) is 1. The second-order valence-electron chi connectivity index (χ2n) is 6.79. The minimum absolute atomic E-state index is 0.106. The van der Waals surface area contributed by atoms with Crippen LogP contribution in [-0.4, -0.2) is 31.4 Å². The highest BCUT2D eigenvalue weighted by molar-refractivity contribution is 5.96. The summed E-state index contributed by atoms with van der Waals surface area (Å²) in [5.41, 5.74) is 4.99. The van der Waals surface area contributed by atoms with Gasteiger partial charge in [-0.15, -0.1) is 0 Å². The molecule has 1 N–H and O–H groups in total. The number of nitrogens with one attached hydrogen (secondary N) is 1. The molecule has 6 heteroatoms. The Morgan fingerprint density at radius 1 is 1.00 bits per heavy atom. The van der Waals surface area contributed by atoms with Gasteiger partial charge in [-0.05, 0) is 56.2 Å². The van der Waals surface area contributed by atoms with Crippen LogP contribution in [0.15, 0.2) is 36.4 Å². The lowest BCUT2D eigenvalue weighted by Crippen LogP contribution is -2.33. The van der Waals surface area contributed by atoms with Crippen molar-refractivity contribution in [2.75, 3.05) is 23.9 Å². The number of hydrogen-bond acceptors (Lipinski definition) is 4. The standard InChI is InChI=1S/C22H26N2O4/c1-14-12-15(2)21(16(3)13-14)24(17(4)25)11-10-20(26)23-19-8-6-18(7-9-19)22(27)28-5/h6-9,12-13H,10-11H2,1-5H3,(H,23,26). The summed E-state index contributed by atoms with van der Waals surface area (Å²) in [6, 6.07) is 10.5. The van der Waals surface area contributed by atoms with Gasteiger partial charge in [0.2, 0.25) is 11.8 Å². The number of carbonyl (C=O) groups excluding carboxylic acids is 3. The van der Waals surface area contributed by atoms with E-state index in [1.54, 1.807) is 29.2 Å². The molecule has 0 radical (unpaired) electrons. The molecule has 0 atom stereocenters. The Balaban J connectivity index is 2.05. The number of anilines is 2. The highest BCUT2D eigenvalue weighted by Crippen LogP contribution is 2.26. The third kappa shape index (κ3) is 5.19. The first-order chi connectivity index (χ1) is 13.2. The molecule has 0 bridgehead atoms. The Labute approximate surface area is 165 Å². The van der Waals surface area contributed by atoms with Crippen LogP contribution in [0.4, 0.5) is 11.4 Å². The summed E-state index contributed by atoms with van der Waals surface area (Å²) in [5.74, 6) is -0.747. The van der Waals surface area contributed by atoms with Crippen LogP contribution < -0.4 is 10.2 Å². The monoisotopic (exact) mass is 382 g/mol. The van der Waals surface area contributed by atoms with E-state index in [-0.39, 0.29) is 24.8 Å². The molecule has 0 aliphatic rings. The topological polar surface area (TPSA) is 75.7 Å². The molecule has 0 aliphatic heterocycles. The Bertz CT molecular complexity index is 865. The quantitative estimate of drug-likeness (QED) is 0.772. The minimum Gasteiger partial charge on any atom is -0.465 e. The Morgan fingerprint density at radius 2 is 1.57 bits per heavy atom. The molecule has 0 aliphatic carbocycles. The molecule has 2 rings (SSSR count). The normalized spacial score (nSPS) is 10.3. The van der Waals surface area contributed by atoms with Gasteiger partial charge < -0.3 is 15.0 Å². The van der Waals surface area contributed by atoms with E-state index in [0.717, 1.165) is 22.4 Å². The van der Waals surface area contributed by atoms with Crippen LogP contribution in [0.2, 0.25) is 0 Å². The molecule has 0 fully saturated rings. The molecule has 0 saturated heterocycles. The van der Waals surface area contributed by atoms with E-state index in [2.05, 4.69) is 10.1 Å². The van der Waals surface area contributed by atoms with E-state index in [1.165, 1.54) is 14.0 Å². The van der Waals surface area contributed by atoms with Crippen molar-refractivity contribution >= 4 is 29.2 Å². The highest BCUT2D eigenvalue weighted by Gasteiger charge is 2.18. The van der Waals surface area contributed by atoms with Gasteiger partial charge in [0.05, 0.1) is 12.7 Å². The third-order valence-corrected chi connectivity index (χ3v) is 4.44. The van der Waals surface area contributed by atoms with E-state index >= 15 is 0 Å². The van der Waals surface area contributed by atoms with E-state index in [0.29, 0.717) is 11.3 Å². The zero-order valence-corrected chi connectivity index (χ0v) is 17.0. The molecule has 0 unspecified atom stereocenters. The van der Waals surface area contributed by atoms with E-state index in [9.17, 15) is 14.4 Å². The number of hydrogen-bond donors (Lipinski definition) is 1. The molecule has 28 heavy (non-hydrogen) atoms. The molecule has 0 heterocycles. The van der Waals surface area contributed by atoms with Gasteiger partial charge in [0.1, 0.15) is 0 Å². The first-order valence-corrected chi connectivity index (χ1v) is 9.07. The van der Waals surface area contributed by atoms with E-state index in [4.69, 9.17) is 0 Å². The van der Waals surface area contributed by atoms with Crippen LogP contribution in [-0.2, 0) is 14.3 Å². The van der Waals surface area contributed by atoms with Crippen molar-refractivity contribution in [1.29, 1.82) is 0 Å². The van der Waals surface area contributed by atoms with Crippen LogP contribution in [0.3, 0.4) is 0 Å². The predicted octanol–water partition coefficient (Wildman–Crippen LogP) is 3.78. The van der Waals surface area contributed by atoms with Crippen LogP contribution in [0.5, 0.6) is 0 Å². The number of esters is 1. The fourth-order valence-electron chi connectivity index (χ4n) is 3.27. The summed E-state index contributed by atoms with van der Waals surface area (Å²) >= 11 is 0. The lowest BCUT2D eigenvalue weighted by atomic mass is 10.0. The fraction of sp³-hybridized carbons (Fsp3) is 0.318. The van der Waals surface area contributed by atoms with Gasteiger partial charge in [-0.1, -0.05) is 17.7 Å². The minimum atomic E-state index is -0.432. The number of rotatable bonds is 6. The van der Waals surface area contributed by atoms with Crippen LogP contribution in [0.1, 0.15) is 40.4 Å². The summed E-state index contributed by atoms with van der Waals surface area (Å²) in [4.78, 5) is 37.6. The second kappa shape index (κ2) is 9.17. The number of nitrogens with zero attached hydrogens (tertiary/aromatic N) is 1. The number of amides is 2. The van der Waals surface area contributed by atoms with E-state index < -0.39 is 5.97 Å². The van der Waals surface area contributed by atoms with Gasteiger partial charge in [0.25, 0.3) is 0 Å². The molecular weight excluding hydrogens is 356 g/mol. The van der Waals surface area contributed by atoms with Crippen LogP contribution >= 0.6 is 0 Å². The lowest BCUT2D eigenvalue weighted by Gasteiger charge is -2.25. The smallest absolute Gasteiger partial charge is 0.337 e. The molecule has 0 aromatic heterocycles. The van der Waals surface area contributed by atoms with Gasteiger partial charge in [-0.25, -0.2) is 4.79 Å². The summed E-state index contributed by atoms with van der Waals surface area (Å²) < 4.78 is 4.65. The maximum absolute atomic E-state index is 12.3. The fourth-order valence-corrected chi connectivity index (χ4v) is 3.27. The molecule has 2 amide bonds. The van der Waals surface area contributed by atoms with Gasteiger partial charge in [0, 0.05) is 31.3 Å². The van der Waals surface area contributed by atoms with Gasteiger partial charge in [0.15, 0.2) is 0 Å². The Kier molecular flexibility index (Phi) is 6.93. The summed E-state index contributed by atoms with van der Waals surface area (Å²) in [6.07, 6.45) is 0.158. The molecule has 2 aromatic rings. The summed E-state index contributed by atoms with van der Waals surface area (Å²) in [7, 11) is 1.32. The van der Waals surface area contributed by atoms with Crippen molar-refractivity contribution in [1.82, 2.24) is 0 Å². The van der Waals surface area contributed by atoms with Crippen molar-refractivity contribution in [3.8, 4) is 0 Å². The van der Waals surface area contributed by atoms with Crippen molar-refractivity contribution in [2.24, 2.45) is 0 Å². The SMILES string of the molecule is COC(=O)c1ccc(NC(=O)CCN(C(C)=O)c2c(C)cc(C)cc2C)cc1. The van der Waals surface area contributed by atoms with Crippen molar-refractivity contribution in [3.05, 3.63) is 58.7 Å². The van der Waals surface area contributed by atoms with Crippen LogP contribution in [0, 0.1) is 20.8 Å². The predicted molar refractivity (Wildman–Crippen MR) is 110 cm³/mol. The van der Waals surface area contributed by atoms with Crippen molar-refractivity contribution < 1.29 is 19.1 Å². The largest absolute Gasteiger partial charge is 0.465 e. The number of carbonyl (C=O) groups is 3. The molecule has 0 spiro atoms. The molecule has 0 saturated carbocycles. The van der Waals surface area contributed by atoms with Crippen molar-refractivity contribution in [2.45, 2.75) is 34.1 Å². The second-order valence-corrected chi connectivity index (χ2v) is 6.79. The van der Waals surface area contributed by atoms with E-state index in [1.807, 2.05) is 32.9 Å². The average Bonchev–Trinajstić information content (AvgIpc) is 2.63. The Morgan fingerprint density at radius 3 is 2.07 bits per heavy atom. The molecule has 2 aromatic carbocycles. The Hall–Kier alpha value is -3.15. The molecule has 6 nitrogen and oxygen atoms in total. The number of aryl methyl sites for hydroxylation is 3. The first-order valence-electron chi connectivity index (χ1n) is 9.07. The summed E-state index contributed by atoms with van der Waals surface area (Å²) in [5, 5.41) is 2.78. The van der Waals surface area contributed by atoms with Gasteiger partial charge in [-0.2, -0.15) is 0 Å². The van der Waals surface area contributed by atoms with Crippen molar-refractivity contribution in [3.63, 3.8) is 0 Å². The zero-order valence-electron chi connectivity index (χ0n) is 17.0. The molecular formula is C22H26N2O4. The lowest BCUT2D eigenvalue weighted by molar-refractivity contribution is -0.117. The van der Waals surface area contributed by atoms with Gasteiger partial charge >= 0.3 is 5.97 Å².